The van der Waals surface area contributed by atoms with Gasteiger partial charge < -0.3 is 9.15 Å². The zero-order chi connectivity index (χ0) is 25.9. The van der Waals surface area contributed by atoms with Crippen molar-refractivity contribution in [2.45, 2.75) is 32.8 Å². The molecule has 188 valence electrons. The summed E-state index contributed by atoms with van der Waals surface area (Å²) in [5.41, 5.74) is 4.26. The number of Topliss-reactive ketones (excluding diaryl/α,β-unsaturated/α-hetero) is 1. The first-order valence-corrected chi connectivity index (χ1v) is 12.8. The second kappa shape index (κ2) is 10.3. The number of rotatable bonds is 9. The maximum Gasteiger partial charge on any atom is 0.211 e. The number of tetrazole rings is 1. The summed E-state index contributed by atoms with van der Waals surface area (Å²) in [7, 11) is 0. The average molecular weight is 503 g/mol. The van der Waals surface area contributed by atoms with Crippen LogP contribution >= 0.6 is 0 Å². The predicted molar refractivity (Wildman–Crippen MR) is 147 cm³/mol. The first-order chi connectivity index (χ1) is 18.7. The molecule has 0 saturated heterocycles. The van der Waals surface area contributed by atoms with Crippen molar-refractivity contribution in [3.8, 4) is 28.2 Å². The van der Waals surface area contributed by atoms with E-state index in [1.807, 2.05) is 60.7 Å². The number of ketones is 1. The minimum atomic E-state index is 0.113. The number of ether oxygens (including phenoxy) is 1. The zero-order valence-corrected chi connectivity index (χ0v) is 21.0. The van der Waals surface area contributed by atoms with Crippen molar-refractivity contribution in [2.24, 2.45) is 0 Å². The summed E-state index contributed by atoms with van der Waals surface area (Å²) in [4.78, 5) is 13.3. The number of unbranched alkanes of at least 4 members (excludes halogenated alkanes) is 1. The van der Waals surface area contributed by atoms with E-state index in [-0.39, 0.29) is 12.4 Å². The summed E-state index contributed by atoms with van der Waals surface area (Å²) < 4.78 is 12.4. The number of aromatic amines is 1. The summed E-state index contributed by atoms with van der Waals surface area (Å²) in [6.45, 7) is 2.29. The van der Waals surface area contributed by atoms with E-state index in [1.54, 1.807) is 0 Å². The van der Waals surface area contributed by atoms with Crippen LogP contribution in [0.3, 0.4) is 0 Å². The summed E-state index contributed by atoms with van der Waals surface area (Å²) in [5.74, 6) is 1.93. The first-order valence-electron chi connectivity index (χ1n) is 12.8. The Kier molecular flexibility index (Phi) is 6.40. The smallest absolute Gasteiger partial charge is 0.211 e. The molecule has 2 aromatic heterocycles. The lowest BCUT2D eigenvalue weighted by Crippen LogP contribution is -2.00. The van der Waals surface area contributed by atoms with Crippen LogP contribution in [0.5, 0.6) is 5.75 Å². The third-order valence-electron chi connectivity index (χ3n) is 6.68. The second-order valence-electron chi connectivity index (χ2n) is 9.19. The van der Waals surface area contributed by atoms with Gasteiger partial charge in [0.15, 0.2) is 12.4 Å². The van der Waals surface area contributed by atoms with Crippen molar-refractivity contribution >= 4 is 27.5 Å². The molecule has 0 bridgehead atoms. The number of hydrogen-bond acceptors (Lipinski definition) is 6. The molecule has 0 aliphatic carbocycles. The average Bonchev–Trinajstić information content (AvgIpc) is 3.63. The summed E-state index contributed by atoms with van der Waals surface area (Å²) >= 11 is 0. The lowest BCUT2D eigenvalue weighted by Gasteiger charge is -2.15. The standard InChI is InChI=1S/C31H26N4O3/c1-2-3-12-25(36)30-24-11-7-8-13-26(24)38-31(30)22-14-16-23-21(18-22)15-17-27(37-19-28-32-34-35-33-28)29(23)20-9-5-4-6-10-20/h4-11,13-18H,2-3,12,19H2,1H3,(H,32,33,34,35). The maximum atomic E-state index is 13.3. The molecule has 0 saturated carbocycles. The molecule has 0 aliphatic heterocycles. The molecule has 0 fully saturated rings. The van der Waals surface area contributed by atoms with Gasteiger partial charge in [-0.15, -0.1) is 10.2 Å². The molecule has 2 heterocycles. The number of carbonyl (C=O) groups excluding carboxylic acids is 1. The van der Waals surface area contributed by atoms with E-state index in [4.69, 9.17) is 9.15 Å². The van der Waals surface area contributed by atoms with E-state index in [9.17, 15) is 4.79 Å². The lowest BCUT2D eigenvalue weighted by molar-refractivity contribution is 0.0981. The van der Waals surface area contributed by atoms with Crippen LogP contribution in [0, 0.1) is 0 Å². The fourth-order valence-corrected chi connectivity index (χ4v) is 4.85. The molecule has 0 spiro atoms. The number of aromatic nitrogens is 4. The molecule has 0 atom stereocenters. The van der Waals surface area contributed by atoms with E-state index < -0.39 is 0 Å². The molecule has 0 amide bonds. The fourth-order valence-electron chi connectivity index (χ4n) is 4.85. The highest BCUT2D eigenvalue weighted by atomic mass is 16.5. The number of H-pyrrole nitrogens is 1. The van der Waals surface area contributed by atoms with Gasteiger partial charge in [0.1, 0.15) is 17.1 Å². The molecule has 1 N–H and O–H groups in total. The monoisotopic (exact) mass is 502 g/mol. The predicted octanol–water partition coefficient (Wildman–Crippen LogP) is 7.39. The number of para-hydroxylation sites is 1. The van der Waals surface area contributed by atoms with Crippen LogP contribution < -0.4 is 4.74 Å². The number of fused-ring (bicyclic) bond motifs is 2. The van der Waals surface area contributed by atoms with Crippen molar-refractivity contribution in [1.82, 2.24) is 20.6 Å². The number of hydrogen-bond donors (Lipinski definition) is 1. The Hall–Kier alpha value is -4.78. The topological polar surface area (TPSA) is 93.9 Å². The summed E-state index contributed by atoms with van der Waals surface area (Å²) in [5, 5.41) is 16.9. The van der Waals surface area contributed by atoms with Crippen LogP contribution in [0.25, 0.3) is 44.2 Å². The minimum absolute atomic E-state index is 0.113. The van der Waals surface area contributed by atoms with E-state index >= 15 is 0 Å². The van der Waals surface area contributed by atoms with Gasteiger partial charge in [-0.2, -0.15) is 5.21 Å². The Balaban J connectivity index is 1.48. The number of nitrogens with zero attached hydrogens (tertiary/aromatic N) is 3. The first kappa shape index (κ1) is 23.6. The van der Waals surface area contributed by atoms with Crippen LogP contribution in [0.4, 0.5) is 0 Å². The molecule has 0 radical (unpaired) electrons. The summed E-state index contributed by atoms with van der Waals surface area (Å²) in [6, 6.07) is 28.0. The SMILES string of the molecule is CCCCC(=O)c1c(-c2ccc3c(-c4ccccc4)c(OCc4nn[nH]n4)ccc3c2)oc2ccccc12. The molecule has 7 heteroatoms. The number of furan rings is 1. The van der Waals surface area contributed by atoms with Crippen molar-refractivity contribution in [3.05, 3.63) is 96.3 Å². The molecular weight excluding hydrogens is 476 g/mol. The zero-order valence-electron chi connectivity index (χ0n) is 21.0. The largest absolute Gasteiger partial charge is 0.485 e. The lowest BCUT2D eigenvalue weighted by atomic mass is 9.94. The molecule has 6 aromatic rings. The van der Waals surface area contributed by atoms with Crippen molar-refractivity contribution in [2.75, 3.05) is 0 Å². The Bertz CT molecular complexity index is 1720. The number of benzene rings is 4. The van der Waals surface area contributed by atoms with Crippen LogP contribution in [-0.4, -0.2) is 26.4 Å². The van der Waals surface area contributed by atoms with E-state index in [1.165, 1.54) is 0 Å². The van der Waals surface area contributed by atoms with Crippen molar-refractivity contribution in [3.63, 3.8) is 0 Å². The Labute approximate surface area is 219 Å². The van der Waals surface area contributed by atoms with Gasteiger partial charge in [-0.3, -0.25) is 4.79 Å². The Morgan fingerprint density at radius 3 is 2.58 bits per heavy atom. The molecule has 0 unspecified atom stereocenters. The molecule has 6 rings (SSSR count). The third-order valence-corrected chi connectivity index (χ3v) is 6.68. The molecule has 4 aromatic carbocycles. The Morgan fingerprint density at radius 1 is 0.921 bits per heavy atom. The van der Waals surface area contributed by atoms with E-state index in [0.717, 1.165) is 57.0 Å². The van der Waals surface area contributed by atoms with Gasteiger partial charge in [-0.1, -0.05) is 85.3 Å². The molecule has 7 nitrogen and oxygen atoms in total. The third kappa shape index (κ3) is 4.43. The van der Waals surface area contributed by atoms with Gasteiger partial charge in [-0.25, -0.2) is 0 Å². The van der Waals surface area contributed by atoms with Crippen LogP contribution in [0.2, 0.25) is 0 Å². The normalized spacial score (nSPS) is 11.3. The van der Waals surface area contributed by atoms with Crippen LogP contribution in [0.1, 0.15) is 42.4 Å². The van der Waals surface area contributed by atoms with Crippen LogP contribution in [0.15, 0.2) is 89.3 Å². The van der Waals surface area contributed by atoms with Gasteiger partial charge in [-0.05, 0) is 41.0 Å². The van der Waals surface area contributed by atoms with Gasteiger partial charge in [0.2, 0.25) is 5.82 Å². The van der Waals surface area contributed by atoms with E-state index in [2.05, 4.69) is 51.8 Å². The quantitative estimate of drug-likeness (QED) is 0.207. The second-order valence-corrected chi connectivity index (χ2v) is 9.19. The van der Waals surface area contributed by atoms with Gasteiger partial charge in [0, 0.05) is 22.9 Å². The van der Waals surface area contributed by atoms with E-state index in [0.29, 0.717) is 23.6 Å². The molecule has 0 aliphatic rings. The highest BCUT2D eigenvalue weighted by Crippen LogP contribution is 2.41. The molecular formula is C31H26N4O3. The van der Waals surface area contributed by atoms with Gasteiger partial charge >= 0.3 is 0 Å². The van der Waals surface area contributed by atoms with Crippen LogP contribution in [-0.2, 0) is 6.61 Å². The highest BCUT2D eigenvalue weighted by molar-refractivity contribution is 6.12. The minimum Gasteiger partial charge on any atom is -0.485 e. The van der Waals surface area contributed by atoms with Crippen molar-refractivity contribution in [1.29, 1.82) is 0 Å². The molecule has 38 heavy (non-hydrogen) atoms. The number of carbonyl (C=O) groups is 1. The van der Waals surface area contributed by atoms with Gasteiger partial charge in [0.05, 0.1) is 5.56 Å². The van der Waals surface area contributed by atoms with Crippen molar-refractivity contribution < 1.29 is 13.9 Å². The maximum absolute atomic E-state index is 13.3. The summed E-state index contributed by atoms with van der Waals surface area (Å²) in [6.07, 6.45) is 2.31. The number of nitrogens with one attached hydrogen (secondary N) is 1. The highest BCUT2D eigenvalue weighted by Gasteiger charge is 2.22. The Morgan fingerprint density at radius 2 is 1.76 bits per heavy atom. The fraction of sp³-hybridized carbons (Fsp3) is 0.161. The van der Waals surface area contributed by atoms with Gasteiger partial charge in [0.25, 0.3) is 0 Å².